The van der Waals surface area contributed by atoms with Crippen LogP contribution in [0.25, 0.3) is 0 Å². The molecule has 0 aliphatic carbocycles. The third-order valence-corrected chi connectivity index (χ3v) is 4.09. The maximum absolute atomic E-state index is 12.1. The topological polar surface area (TPSA) is 52.6 Å². The fraction of sp³-hybridized carbons (Fsp3) is 0.357. The zero-order chi connectivity index (χ0) is 14.1. The number of carbonyl (C=O) groups is 1. The van der Waals surface area contributed by atoms with Crippen molar-refractivity contribution in [3.63, 3.8) is 0 Å². The van der Waals surface area contributed by atoms with Crippen LogP contribution in [0.15, 0.2) is 30.3 Å². The molecule has 0 amide bonds. The van der Waals surface area contributed by atoms with Gasteiger partial charge in [-0.15, -0.1) is 0 Å². The minimum atomic E-state index is -3.35. The maximum Gasteiger partial charge on any atom is 0.339 e. The van der Waals surface area contributed by atoms with Crippen LogP contribution >= 0.6 is 7.60 Å². The van der Waals surface area contributed by atoms with Crippen molar-refractivity contribution in [3.8, 4) is 11.8 Å². The largest absolute Gasteiger partial charge is 0.339 e. The van der Waals surface area contributed by atoms with E-state index in [2.05, 4.69) is 11.8 Å². The van der Waals surface area contributed by atoms with Crippen molar-refractivity contribution in [2.24, 2.45) is 0 Å². The van der Waals surface area contributed by atoms with Crippen molar-refractivity contribution in [1.82, 2.24) is 0 Å². The second-order valence-corrected chi connectivity index (χ2v) is 5.70. The Bertz CT molecular complexity index is 503. The number of ketones is 1. The van der Waals surface area contributed by atoms with E-state index in [1.807, 2.05) is 18.2 Å². The van der Waals surface area contributed by atoms with Gasteiger partial charge < -0.3 is 9.05 Å². The normalized spacial score (nSPS) is 10.6. The average molecular weight is 280 g/mol. The molecule has 1 aromatic rings. The third kappa shape index (κ3) is 5.85. The molecular formula is C14H17O4P. The second-order valence-electron chi connectivity index (χ2n) is 3.64. The Kier molecular flexibility index (Phi) is 6.52. The molecule has 0 fully saturated rings. The molecule has 1 rings (SSSR count). The molecule has 4 nitrogen and oxygen atoms in total. The van der Waals surface area contributed by atoms with Crippen molar-refractivity contribution in [1.29, 1.82) is 0 Å². The van der Waals surface area contributed by atoms with Crippen LogP contribution in [0.3, 0.4) is 0 Å². The fourth-order valence-electron chi connectivity index (χ4n) is 1.40. The molecule has 19 heavy (non-hydrogen) atoms. The lowest BCUT2D eigenvalue weighted by molar-refractivity contribution is -0.111. The van der Waals surface area contributed by atoms with Gasteiger partial charge in [-0.25, -0.2) is 0 Å². The fourth-order valence-corrected chi connectivity index (χ4v) is 2.88. The zero-order valence-electron chi connectivity index (χ0n) is 11.1. The van der Waals surface area contributed by atoms with E-state index in [0.717, 1.165) is 5.56 Å². The van der Waals surface area contributed by atoms with E-state index in [1.165, 1.54) is 0 Å². The van der Waals surface area contributed by atoms with Crippen molar-refractivity contribution in [3.05, 3.63) is 35.9 Å². The van der Waals surface area contributed by atoms with Crippen LogP contribution in [0.4, 0.5) is 0 Å². The molecule has 0 aromatic heterocycles. The van der Waals surface area contributed by atoms with Crippen LogP contribution in [0.2, 0.25) is 0 Å². The molecule has 0 aliphatic heterocycles. The molecule has 0 radical (unpaired) electrons. The van der Waals surface area contributed by atoms with Gasteiger partial charge in [0.2, 0.25) is 5.78 Å². The third-order valence-electron chi connectivity index (χ3n) is 2.11. The van der Waals surface area contributed by atoms with Crippen LogP contribution in [0.1, 0.15) is 19.4 Å². The van der Waals surface area contributed by atoms with Crippen molar-refractivity contribution < 1.29 is 18.4 Å². The van der Waals surface area contributed by atoms with E-state index in [1.54, 1.807) is 26.0 Å². The summed E-state index contributed by atoms with van der Waals surface area (Å²) in [6.45, 7) is 3.87. The molecule has 1 aromatic carbocycles. The highest BCUT2D eigenvalue weighted by Crippen LogP contribution is 2.47. The first-order chi connectivity index (χ1) is 9.09. The Morgan fingerprint density at radius 2 is 1.74 bits per heavy atom. The molecule has 0 saturated heterocycles. The highest BCUT2D eigenvalue weighted by atomic mass is 31.2. The quantitative estimate of drug-likeness (QED) is 0.594. The van der Waals surface area contributed by atoms with Gasteiger partial charge in [-0.2, -0.15) is 0 Å². The van der Waals surface area contributed by atoms with Gasteiger partial charge in [-0.05, 0) is 31.9 Å². The lowest BCUT2D eigenvalue weighted by Crippen LogP contribution is -2.08. The Labute approximate surface area is 113 Å². The number of hydrogen-bond acceptors (Lipinski definition) is 4. The number of carbonyl (C=O) groups excluding carboxylic acids is 1. The van der Waals surface area contributed by atoms with Crippen LogP contribution in [-0.4, -0.2) is 25.2 Å². The Morgan fingerprint density at radius 1 is 1.16 bits per heavy atom. The molecule has 0 unspecified atom stereocenters. The van der Waals surface area contributed by atoms with Gasteiger partial charge in [-0.3, -0.25) is 9.36 Å². The summed E-state index contributed by atoms with van der Waals surface area (Å²) in [6.07, 6.45) is -0.311. The minimum absolute atomic E-state index is 0.233. The standard InChI is InChI=1S/C14H17O4P/c1-3-17-19(16,18-4-2)12-14(15)11-10-13-8-6-5-7-9-13/h5-9H,3-4,12H2,1-2H3. The van der Waals surface area contributed by atoms with Crippen LogP contribution in [-0.2, 0) is 18.4 Å². The van der Waals surface area contributed by atoms with E-state index in [4.69, 9.17) is 9.05 Å². The van der Waals surface area contributed by atoms with E-state index in [9.17, 15) is 9.36 Å². The van der Waals surface area contributed by atoms with E-state index in [0.29, 0.717) is 0 Å². The monoisotopic (exact) mass is 280 g/mol. The molecular weight excluding hydrogens is 263 g/mol. The van der Waals surface area contributed by atoms with Crippen LogP contribution < -0.4 is 0 Å². The summed E-state index contributed by atoms with van der Waals surface area (Å²) in [5, 5.41) is 0. The van der Waals surface area contributed by atoms with E-state index >= 15 is 0 Å². The van der Waals surface area contributed by atoms with Gasteiger partial charge in [0.05, 0.1) is 13.2 Å². The summed E-state index contributed by atoms with van der Waals surface area (Å²) >= 11 is 0. The summed E-state index contributed by atoms with van der Waals surface area (Å²) in [6, 6.07) is 9.13. The highest BCUT2D eigenvalue weighted by molar-refractivity contribution is 7.55. The number of rotatable bonds is 6. The average Bonchev–Trinajstić information content (AvgIpc) is 2.38. The van der Waals surface area contributed by atoms with Crippen LogP contribution in [0, 0.1) is 11.8 Å². The molecule has 0 heterocycles. The molecule has 102 valence electrons. The lowest BCUT2D eigenvalue weighted by atomic mass is 10.2. The van der Waals surface area contributed by atoms with Gasteiger partial charge in [0, 0.05) is 5.56 Å². The van der Waals surface area contributed by atoms with E-state index in [-0.39, 0.29) is 19.4 Å². The summed E-state index contributed by atoms with van der Waals surface area (Å²) in [7, 11) is -3.35. The maximum atomic E-state index is 12.1. The molecule has 0 spiro atoms. The van der Waals surface area contributed by atoms with Gasteiger partial charge in [0.15, 0.2) is 0 Å². The first-order valence-corrected chi connectivity index (χ1v) is 7.80. The van der Waals surface area contributed by atoms with Gasteiger partial charge in [0.1, 0.15) is 6.16 Å². The summed E-state index contributed by atoms with van der Waals surface area (Å²) in [5.74, 6) is 4.72. The van der Waals surface area contributed by atoms with Crippen molar-refractivity contribution in [2.45, 2.75) is 13.8 Å². The number of hydrogen-bond donors (Lipinski definition) is 0. The number of Topliss-reactive ketones (excluding diaryl/α,β-unsaturated/α-hetero) is 1. The summed E-state index contributed by atoms with van der Waals surface area (Å²) < 4.78 is 22.2. The SMILES string of the molecule is CCOP(=O)(CC(=O)C#Cc1ccccc1)OCC. The van der Waals surface area contributed by atoms with Crippen molar-refractivity contribution >= 4 is 13.4 Å². The van der Waals surface area contributed by atoms with Gasteiger partial charge in [0.25, 0.3) is 0 Å². The Morgan fingerprint density at radius 3 is 2.26 bits per heavy atom. The summed E-state index contributed by atoms with van der Waals surface area (Å²) in [5.41, 5.74) is 0.735. The smallest absolute Gasteiger partial charge is 0.309 e. The molecule has 0 bridgehead atoms. The van der Waals surface area contributed by atoms with Gasteiger partial charge in [-0.1, -0.05) is 24.1 Å². The first-order valence-electron chi connectivity index (χ1n) is 6.07. The molecule has 0 N–H and O–H groups in total. The van der Waals surface area contributed by atoms with E-state index < -0.39 is 13.4 Å². The second kappa shape index (κ2) is 7.91. The zero-order valence-corrected chi connectivity index (χ0v) is 12.0. The van der Waals surface area contributed by atoms with Gasteiger partial charge >= 0.3 is 7.60 Å². The lowest BCUT2D eigenvalue weighted by Gasteiger charge is -2.14. The Balaban J connectivity index is 2.69. The Hall–Kier alpha value is -1.40. The number of benzene rings is 1. The molecule has 0 aliphatic rings. The highest BCUT2D eigenvalue weighted by Gasteiger charge is 2.26. The predicted octanol–water partition coefficient (Wildman–Crippen LogP) is 2.87. The summed E-state index contributed by atoms with van der Waals surface area (Å²) in [4.78, 5) is 11.7. The van der Waals surface area contributed by atoms with Crippen molar-refractivity contribution in [2.75, 3.05) is 19.4 Å². The molecule has 5 heteroatoms. The minimum Gasteiger partial charge on any atom is -0.309 e. The predicted molar refractivity (Wildman–Crippen MR) is 74.1 cm³/mol. The molecule has 0 saturated carbocycles. The van der Waals surface area contributed by atoms with Crippen LogP contribution in [0.5, 0.6) is 0 Å². The molecule has 0 atom stereocenters. The first kappa shape index (κ1) is 15.7.